The number of rotatable bonds is 5. The van der Waals surface area contributed by atoms with Gasteiger partial charge in [-0.2, -0.15) is 5.10 Å². The molecule has 98 valence electrons. The van der Waals surface area contributed by atoms with Gasteiger partial charge >= 0.3 is 0 Å². The van der Waals surface area contributed by atoms with Gasteiger partial charge in [0.25, 0.3) is 0 Å². The fourth-order valence-corrected chi connectivity index (χ4v) is 2.66. The molecule has 0 spiro atoms. The Labute approximate surface area is 110 Å². The van der Waals surface area contributed by atoms with Crippen molar-refractivity contribution in [3.8, 4) is 0 Å². The van der Waals surface area contributed by atoms with Crippen LogP contribution < -0.4 is 11.3 Å². The molecule has 1 atom stereocenters. The standard InChI is InChI=1S/C11H18N6S/c1-7(2)17-11(14-6-15-17)4-9(16-12)10-5-13-8(3)18-10/h5-7,9,16H,4,12H2,1-3H3. The lowest BCUT2D eigenvalue weighted by molar-refractivity contribution is 0.471. The fourth-order valence-electron chi connectivity index (χ4n) is 1.81. The third-order valence-electron chi connectivity index (χ3n) is 2.71. The van der Waals surface area contributed by atoms with Crippen LogP contribution in [0.3, 0.4) is 0 Å². The molecule has 0 aromatic carbocycles. The molecule has 3 N–H and O–H groups in total. The first-order valence-corrected chi connectivity index (χ1v) is 6.70. The normalized spacial score (nSPS) is 13.2. The molecule has 0 aliphatic carbocycles. The van der Waals surface area contributed by atoms with Crippen LogP contribution in [0.15, 0.2) is 12.5 Å². The molecule has 0 saturated carbocycles. The van der Waals surface area contributed by atoms with Crippen molar-refractivity contribution < 1.29 is 0 Å². The monoisotopic (exact) mass is 266 g/mol. The van der Waals surface area contributed by atoms with E-state index in [0.717, 1.165) is 15.7 Å². The first-order chi connectivity index (χ1) is 8.61. The van der Waals surface area contributed by atoms with Crippen molar-refractivity contribution >= 4 is 11.3 Å². The summed E-state index contributed by atoms with van der Waals surface area (Å²) in [5.41, 5.74) is 2.83. The van der Waals surface area contributed by atoms with Crippen molar-refractivity contribution in [2.45, 2.75) is 39.3 Å². The van der Waals surface area contributed by atoms with E-state index < -0.39 is 0 Å². The minimum Gasteiger partial charge on any atom is -0.271 e. The van der Waals surface area contributed by atoms with Crippen LogP contribution in [0.1, 0.15) is 41.6 Å². The smallest absolute Gasteiger partial charge is 0.138 e. The Kier molecular flexibility index (Phi) is 4.05. The summed E-state index contributed by atoms with van der Waals surface area (Å²) in [5.74, 6) is 6.56. The lowest BCUT2D eigenvalue weighted by atomic mass is 10.2. The van der Waals surface area contributed by atoms with Gasteiger partial charge in [-0.25, -0.2) is 14.6 Å². The van der Waals surface area contributed by atoms with Gasteiger partial charge in [-0.1, -0.05) is 0 Å². The second kappa shape index (κ2) is 5.55. The maximum absolute atomic E-state index is 5.63. The van der Waals surface area contributed by atoms with E-state index in [1.54, 1.807) is 17.7 Å². The molecule has 0 aliphatic rings. The van der Waals surface area contributed by atoms with Crippen molar-refractivity contribution in [2.75, 3.05) is 0 Å². The topological polar surface area (TPSA) is 81.7 Å². The van der Waals surface area contributed by atoms with Gasteiger partial charge in [-0.15, -0.1) is 11.3 Å². The summed E-state index contributed by atoms with van der Waals surface area (Å²) < 4.78 is 1.91. The molecule has 7 heteroatoms. The molecular weight excluding hydrogens is 248 g/mol. The second-order valence-electron chi connectivity index (χ2n) is 4.42. The Balaban J connectivity index is 2.18. The zero-order valence-corrected chi connectivity index (χ0v) is 11.6. The number of nitrogens with zero attached hydrogens (tertiary/aromatic N) is 4. The van der Waals surface area contributed by atoms with Gasteiger partial charge in [0.1, 0.15) is 12.2 Å². The Morgan fingerprint density at radius 3 is 2.78 bits per heavy atom. The Hall–Kier alpha value is -1.31. The van der Waals surface area contributed by atoms with Crippen LogP contribution in [-0.4, -0.2) is 19.7 Å². The average Bonchev–Trinajstić information content (AvgIpc) is 2.94. The minimum absolute atomic E-state index is 0.0258. The highest BCUT2D eigenvalue weighted by Gasteiger charge is 2.17. The van der Waals surface area contributed by atoms with Crippen molar-refractivity contribution in [3.63, 3.8) is 0 Å². The molecule has 6 nitrogen and oxygen atoms in total. The predicted octanol–water partition coefficient (Wildman–Crippen LogP) is 1.37. The van der Waals surface area contributed by atoms with Crippen molar-refractivity contribution in [3.05, 3.63) is 28.2 Å². The third kappa shape index (κ3) is 2.74. The summed E-state index contributed by atoms with van der Waals surface area (Å²) in [7, 11) is 0. The highest BCUT2D eigenvalue weighted by molar-refractivity contribution is 7.11. The molecule has 0 bridgehead atoms. The van der Waals surface area contributed by atoms with Crippen LogP contribution in [0.2, 0.25) is 0 Å². The van der Waals surface area contributed by atoms with Crippen LogP contribution in [0.25, 0.3) is 0 Å². The molecule has 1 unspecified atom stereocenters. The molecule has 2 rings (SSSR count). The van der Waals surface area contributed by atoms with E-state index in [1.165, 1.54) is 0 Å². The summed E-state index contributed by atoms with van der Waals surface area (Å²) in [6, 6.07) is 0.321. The van der Waals surface area contributed by atoms with Gasteiger partial charge in [-0.3, -0.25) is 11.3 Å². The number of hydrogen-bond acceptors (Lipinski definition) is 6. The molecule has 2 heterocycles. The summed E-state index contributed by atoms with van der Waals surface area (Å²) in [5, 5.41) is 5.26. The van der Waals surface area contributed by atoms with E-state index in [-0.39, 0.29) is 6.04 Å². The zero-order chi connectivity index (χ0) is 13.1. The summed E-state index contributed by atoms with van der Waals surface area (Å²) >= 11 is 1.65. The number of hydrazine groups is 1. The highest BCUT2D eigenvalue weighted by atomic mass is 32.1. The molecule has 0 fully saturated rings. The van der Waals surface area contributed by atoms with Crippen molar-refractivity contribution in [2.24, 2.45) is 5.84 Å². The highest BCUT2D eigenvalue weighted by Crippen LogP contribution is 2.23. The van der Waals surface area contributed by atoms with E-state index in [1.807, 2.05) is 17.8 Å². The predicted molar refractivity (Wildman–Crippen MR) is 71.0 cm³/mol. The summed E-state index contributed by atoms with van der Waals surface area (Å²) in [6.45, 7) is 6.15. The van der Waals surface area contributed by atoms with Gasteiger partial charge in [0.15, 0.2) is 0 Å². The summed E-state index contributed by atoms with van der Waals surface area (Å²) in [6.07, 6.45) is 4.15. The number of nitrogens with one attached hydrogen (secondary N) is 1. The van der Waals surface area contributed by atoms with E-state index in [4.69, 9.17) is 5.84 Å². The van der Waals surface area contributed by atoms with Crippen LogP contribution in [0, 0.1) is 6.92 Å². The van der Waals surface area contributed by atoms with Gasteiger partial charge in [0.05, 0.1) is 11.0 Å². The van der Waals surface area contributed by atoms with E-state index >= 15 is 0 Å². The largest absolute Gasteiger partial charge is 0.271 e. The van der Waals surface area contributed by atoms with Crippen LogP contribution in [0.4, 0.5) is 0 Å². The maximum Gasteiger partial charge on any atom is 0.138 e. The minimum atomic E-state index is 0.0258. The van der Waals surface area contributed by atoms with Gasteiger partial charge < -0.3 is 0 Å². The van der Waals surface area contributed by atoms with Gasteiger partial charge in [0.2, 0.25) is 0 Å². The molecule has 0 radical (unpaired) electrons. The van der Waals surface area contributed by atoms with E-state index in [0.29, 0.717) is 12.5 Å². The van der Waals surface area contributed by atoms with Crippen LogP contribution in [-0.2, 0) is 6.42 Å². The van der Waals surface area contributed by atoms with E-state index in [9.17, 15) is 0 Å². The Morgan fingerprint density at radius 1 is 1.44 bits per heavy atom. The van der Waals surface area contributed by atoms with Crippen molar-refractivity contribution in [1.82, 2.24) is 25.2 Å². The van der Waals surface area contributed by atoms with Crippen LogP contribution >= 0.6 is 11.3 Å². The Bertz CT molecular complexity index is 503. The van der Waals surface area contributed by atoms with Gasteiger partial charge in [-0.05, 0) is 20.8 Å². The number of hydrogen-bond donors (Lipinski definition) is 2. The molecule has 18 heavy (non-hydrogen) atoms. The zero-order valence-electron chi connectivity index (χ0n) is 10.8. The number of aromatic nitrogens is 4. The Morgan fingerprint density at radius 2 is 2.22 bits per heavy atom. The number of aryl methyl sites for hydroxylation is 1. The second-order valence-corrected chi connectivity index (χ2v) is 5.69. The molecular formula is C11H18N6S. The SMILES string of the molecule is Cc1ncc(C(Cc2ncnn2C(C)C)NN)s1. The molecule has 2 aromatic heterocycles. The first kappa shape index (κ1) is 13.1. The van der Waals surface area contributed by atoms with Crippen LogP contribution in [0.5, 0.6) is 0 Å². The quantitative estimate of drug-likeness (QED) is 0.631. The lowest BCUT2D eigenvalue weighted by Crippen LogP contribution is -2.30. The molecule has 0 amide bonds. The summed E-state index contributed by atoms with van der Waals surface area (Å²) in [4.78, 5) is 9.67. The third-order valence-corrected chi connectivity index (χ3v) is 3.73. The molecule has 0 saturated heterocycles. The number of nitrogens with two attached hydrogens (primary N) is 1. The average molecular weight is 266 g/mol. The molecule has 2 aromatic rings. The van der Waals surface area contributed by atoms with Gasteiger partial charge in [0, 0.05) is 23.5 Å². The maximum atomic E-state index is 5.63. The van der Waals surface area contributed by atoms with Crippen molar-refractivity contribution in [1.29, 1.82) is 0 Å². The van der Waals surface area contributed by atoms with E-state index in [2.05, 4.69) is 34.3 Å². The lowest BCUT2D eigenvalue weighted by Gasteiger charge is -2.15. The molecule has 0 aliphatic heterocycles. The first-order valence-electron chi connectivity index (χ1n) is 5.88. The number of thiazole rings is 1. The fraction of sp³-hybridized carbons (Fsp3) is 0.545.